The van der Waals surface area contributed by atoms with E-state index in [9.17, 15) is 10.2 Å². The van der Waals surface area contributed by atoms with Crippen LogP contribution in [0.25, 0.3) is 0 Å². The largest absolute Gasteiger partial charge is 0.389 e. The Bertz CT molecular complexity index is 1100. The van der Waals surface area contributed by atoms with Crippen LogP contribution < -0.4 is 16.0 Å². The summed E-state index contributed by atoms with van der Waals surface area (Å²) >= 11 is 0. The number of anilines is 4. The zero-order chi connectivity index (χ0) is 39.3. The molecule has 2 rings (SSSR count). The smallest absolute Gasteiger partial charge is 0.0945 e. The number of hydrogen-bond acceptors (Lipinski definition) is 7. The minimum absolute atomic E-state index is 0.311. The van der Waals surface area contributed by atoms with Crippen LogP contribution >= 0.6 is 0 Å². The molecule has 5 N–H and O–H groups in total. The summed E-state index contributed by atoms with van der Waals surface area (Å²) in [4.78, 5) is 0. The van der Waals surface area contributed by atoms with Gasteiger partial charge in [-0.05, 0) is 43.2 Å². The molecule has 7 nitrogen and oxygen atoms in total. The van der Waals surface area contributed by atoms with Crippen molar-refractivity contribution in [3.8, 4) is 0 Å². The van der Waals surface area contributed by atoms with Gasteiger partial charge in [0.2, 0.25) is 0 Å². The fraction of sp³-hybridized carbons (Fsp3) is 0.750. The van der Waals surface area contributed by atoms with Gasteiger partial charge in [-0.3, -0.25) is 0 Å². The van der Waals surface area contributed by atoms with Crippen molar-refractivity contribution in [1.29, 1.82) is 0 Å². The SMILES string of the molecule is CCCCCCCCCCCCCCCOCC(O)CNc1ccc(Nc2ccccc2)cc1NCC(O)COCCCCCCCCCCCCCCC. The van der Waals surface area contributed by atoms with Gasteiger partial charge in [-0.2, -0.15) is 0 Å². The molecule has 2 aromatic rings. The Morgan fingerprint density at radius 3 is 1.24 bits per heavy atom. The molecule has 316 valence electrons. The number of benzene rings is 2. The van der Waals surface area contributed by atoms with Crippen molar-refractivity contribution in [3.05, 3.63) is 48.5 Å². The highest BCUT2D eigenvalue weighted by Gasteiger charge is 2.11. The van der Waals surface area contributed by atoms with Crippen LogP contribution in [-0.2, 0) is 9.47 Å². The van der Waals surface area contributed by atoms with E-state index in [0.29, 0.717) is 39.5 Å². The fourth-order valence-corrected chi connectivity index (χ4v) is 7.07. The van der Waals surface area contributed by atoms with Crippen molar-refractivity contribution in [2.45, 2.75) is 193 Å². The van der Waals surface area contributed by atoms with Crippen LogP contribution in [0.3, 0.4) is 0 Å². The van der Waals surface area contributed by atoms with Crippen LogP contribution in [0.2, 0.25) is 0 Å². The summed E-state index contributed by atoms with van der Waals surface area (Å²) in [6.45, 7) is 7.32. The number of ether oxygens (including phenoxy) is 2. The summed E-state index contributed by atoms with van der Waals surface area (Å²) in [5, 5.41) is 31.6. The lowest BCUT2D eigenvalue weighted by molar-refractivity contribution is 0.0414. The van der Waals surface area contributed by atoms with Crippen molar-refractivity contribution in [1.82, 2.24) is 0 Å². The topological polar surface area (TPSA) is 95.0 Å². The van der Waals surface area contributed by atoms with Crippen LogP contribution in [0, 0.1) is 0 Å². The van der Waals surface area contributed by atoms with Gasteiger partial charge in [-0.1, -0.05) is 186 Å². The molecule has 55 heavy (non-hydrogen) atoms. The van der Waals surface area contributed by atoms with E-state index in [4.69, 9.17) is 9.47 Å². The summed E-state index contributed by atoms with van der Waals surface area (Å²) in [5.41, 5.74) is 3.67. The third-order valence-corrected chi connectivity index (χ3v) is 10.5. The molecular weight excluding hydrogens is 683 g/mol. The van der Waals surface area contributed by atoms with Crippen molar-refractivity contribution >= 4 is 22.7 Å². The van der Waals surface area contributed by atoms with Gasteiger partial charge in [0.25, 0.3) is 0 Å². The number of aliphatic hydroxyl groups is 2. The standard InChI is InChI=1S/C48H85N3O4/c1-3-5-7-9-11-13-15-17-19-21-23-25-30-36-54-41-45(52)39-49-47-35-34-44(51-43-32-28-27-29-33-43)38-48(47)50-40-46(53)42-55-37-31-26-24-22-20-18-16-14-12-10-8-6-4-2/h27-29,32-35,38,45-46,49-53H,3-26,30-31,36-37,39-42H2,1-2H3. The Kier molecular flexibility index (Phi) is 32.0. The maximum atomic E-state index is 10.7. The highest BCUT2D eigenvalue weighted by molar-refractivity contribution is 5.76. The van der Waals surface area contributed by atoms with Gasteiger partial charge >= 0.3 is 0 Å². The first kappa shape index (κ1) is 48.8. The quantitative estimate of drug-likeness (QED) is 0.0431. The van der Waals surface area contributed by atoms with E-state index < -0.39 is 12.2 Å². The normalized spacial score (nSPS) is 12.5. The molecule has 0 radical (unpaired) electrons. The molecule has 2 unspecified atom stereocenters. The Morgan fingerprint density at radius 1 is 0.436 bits per heavy atom. The first-order valence-corrected chi connectivity index (χ1v) is 23.1. The second kappa shape index (κ2) is 36.0. The van der Waals surface area contributed by atoms with Crippen molar-refractivity contribution in [3.63, 3.8) is 0 Å². The number of para-hydroxylation sites is 1. The van der Waals surface area contributed by atoms with E-state index in [1.807, 2.05) is 48.5 Å². The molecule has 0 aliphatic rings. The number of aliphatic hydroxyl groups excluding tert-OH is 2. The second-order valence-corrected chi connectivity index (χ2v) is 16.0. The molecule has 0 saturated carbocycles. The first-order valence-electron chi connectivity index (χ1n) is 23.1. The molecule has 7 heteroatoms. The van der Waals surface area contributed by atoms with Crippen LogP contribution in [0.1, 0.15) is 181 Å². The molecule has 2 aromatic carbocycles. The summed E-state index contributed by atoms with van der Waals surface area (Å²) in [5.74, 6) is 0. The molecule has 0 amide bonds. The van der Waals surface area contributed by atoms with Crippen LogP contribution in [0.15, 0.2) is 48.5 Å². The average Bonchev–Trinajstić information content (AvgIpc) is 3.20. The molecule has 0 saturated heterocycles. The minimum atomic E-state index is -0.621. The van der Waals surface area contributed by atoms with Crippen LogP contribution in [0.4, 0.5) is 22.7 Å². The Hall–Kier alpha value is -2.32. The minimum Gasteiger partial charge on any atom is -0.389 e. The third-order valence-electron chi connectivity index (χ3n) is 10.5. The molecule has 0 heterocycles. The highest BCUT2D eigenvalue weighted by atomic mass is 16.5. The summed E-state index contributed by atoms with van der Waals surface area (Å²) < 4.78 is 11.7. The number of rotatable bonds is 40. The van der Waals surface area contributed by atoms with Gasteiger partial charge in [-0.25, -0.2) is 0 Å². The fourth-order valence-electron chi connectivity index (χ4n) is 7.07. The zero-order valence-electron chi connectivity index (χ0n) is 35.6. The predicted octanol–water partition coefficient (Wildman–Crippen LogP) is 13.2. The van der Waals surface area contributed by atoms with Gasteiger partial charge in [0.05, 0.1) is 36.8 Å². The molecule has 0 bridgehead atoms. The summed E-state index contributed by atoms with van der Waals surface area (Å²) in [6.07, 6.45) is 33.4. The lowest BCUT2D eigenvalue weighted by Gasteiger charge is -2.20. The number of nitrogens with one attached hydrogen (secondary N) is 3. The van der Waals surface area contributed by atoms with E-state index in [2.05, 4.69) is 29.8 Å². The lowest BCUT2D eigenvalue weighted by atomic mass is 10.0. The van der Waals surface area contributed by atoms with Gasteiger partial charge in [0.1, 0.15) is 0 Å². The van der Waals surface area contributed by atoms with Gasteiger partial charge < -0.3 is 35.6 Å². The zero-order valence-corrected chi connectivity index (χ0v) is 35.6. The van der Waals surface area contributed by atoms with Crippen LogP contribution in [-0.4, -0.2) is 61.9 Å². The van der Waals surface area contributed by atoms with E-state index in [-0.39, 0.29) is 0 Å². The Balaban J connectivity index is 1.60. The monoisotopic (exact) mass is 768 g/mol. The van der Waals surface area contributed by atoms with E-state index in [1.54, 1.807) is 0 Å². The van der Waals surface area contributed by atoms with E-state index in [0.717, 1.165) is 35.6 Å². The lowest BCUT2D eigenvalue weighted by Crippen LogP contribution is -2.27. The van der Waals surface area contributed by atoms with Crippen molar-refractivity contribution in [2.75, 3.05) is 55.5 Å². The molecule has 0 fully saturated rings. The molecule has 0 aliphatic carbocycles. The van der Waals surface area contributed by atoms with E-state index >= 15 is 0 Å². The third kappa shape index (κ3) is 28.7. The first-order chi connectivity index (χ1) is 27.1. The van der Waals surface area contributed by atoms with Crippen LogP contribution in [0.5, 0.6) is 0 Å². The van der Waals surface area contributed by atoms with Crippen molar-refractivity contribution < 1.29 is 19.7 Å². The van der Waals surface area contributed by atoms with E-state index in [1.165, 1.54) is 154 Å². The van der Waals surface area contributed by atoms with Gasteiger partial charge in [0, 0.05) is 37.7 Å². The number of unbranched alkanes of at least 4 members (excludes halogenated alkanes) is 24. The summed E-state index contributed by atoms with van der Waals surface area (Å²) in [6, 6.07) is 16.1. The maximum absolute atomic E-state index is 10.7. The van der Waals surface area contributed by atoms with Crippen molar-refractivity contribution in [2.24, 2.45) is 0 Å². The Labute approximate surface area is 338 Å². The maximum Gasteiger partial charge on any atom is 0.0945 e. The Morgan fingerprint density at radius 2 is 0.818 bits per heavy atom. The molecular formula is C48H85N3O4. The molecule has 0 aliphatic heterocycles. The average molecular weight is 768 g/mol. The van der Waals surface area contributed by atoms with Gasteiger partial charge in [-0.15, -0.1) is 0 Å². The van der Waals surface area contributed by atoms with Gasteiger partial charge in [0.15, 0.2) is 0 Å². The molecule has 0 spiro atoms. The second-order valence-electron chi connectivity index (χ2n) is 16.0. The number of hydrogen-bond donors (Lipinski definition) is 5. The molecule has 0 aromatic heterocycles. The predicted molar refractivity (Wildman–Crippen MR) is 238 cm³/mol. The molecule has 2 atom stereocenters. The summed E-state index contributed by atoms with van der Waals surface area (Å²) in [7, 11) is 0. The highest BCUT2D eigenvalue weighted by Crippen LogP contribution is 2.28.